The number of aromatic hydroxyl groups is 1. The largest absolute Gasteiger partial charge is 0.508 e. The fourth-order valence-electron chi connectivity index (χ4n) is 5.15. The third-order valence-electron chi connectivity index (χ3n) is 7.23. The van der Waals surface area contributed by atoms with E-state index in [0.29, 0.717) is 46.7 Å². The number of methoxy groups -OCH3 is 1. The molecule has 3 aromatic carbocycles. The first-order valence-corrected chi connectivity index (χ1v) is 15.7. The number of phenolic OH excluding ortho intramolecular Hbond substituents is 1. The van der Waals surface area contributed by atoms with E-state index >= 15 is 0 Å². The first-order chi connectivity index (χ1) is 20.4. The number of dihydropyridines is 1. The van der Waals surface area contributed by atoms with Gasteiger partial charge in [0, 0.05) is 41.3 Å². The summed E-state index contributed by atoms with van der Waals surface area (Å²) < 4.78 is 36.6. The Morgan fingerprint density at radius 2 is 1.74 bits per heavy atom. The monoisotopic (exact) mass is 604 g/mol. The van der Waals surface area contributed by atoms with Crippen molar-refractivity contribution in [1.29, 1.82) is 0 Å². The molecule has 43 heavy (non-hydrogen) atoms. The van der Waals surface area contributed by atoms with Crippen LogP contribution in [0, 0.1) is 6.92 Å². The number of phenols is 1. The molecule has 1 atom stereocenters. The second-order valence-corrected chi connectivity index (χ2v) is 12.3. The number of esters is 1. The molecule has 0 radical (unpaired) electrons. The average molecular weight is 605 g/mol. The van der Waals surface area contributed by atoms with Gasteiger partial charge in [0.05, 0.1) is 24.6 Å². The van der Waals surface area contributed by atoms with Crippen molar-refractivity contribution in [1.82, 2.24) is 5.32 Å². The first kappa shape index (κ1) is 31.4. The van der Waals surface area contributed by atoms with Crippen molar-refractivity contribution in [2.75, 3.05) is 18.1 Å². The van der Waals surface area contributed by atoms with E-state index in [1.165, 1.54) is 0 Å². The number of hydrogen-bond acceptors (Lipinski definition) is 8. The molecule has 3 N–H and O–H groups in total. The zero-order chi connectivity index (χ0) is 31.1. The third-order valence-corrected chi connectivity index (χ3v) is 7.82. The van der Waals surface area contributed by atoms with Crippen molar-refractivity contribution in [3.05, 3.63) is 112 Å². The van der Waals surface area contributed by atoms with Crippen LogP contribution in [0.3, 0.4) is 0 Å². The predicted octanol–water partition coefficient (Wildman–Crippen LogP) is 5.48. The quantitative estimate of drug-likeness (QED) is 0.302. The lowest BCUT2D eigenvalue weighted by atomic mass is 9.78. The highest BCUT2D eigenvalue weighted by molar-refractivity contribution is 7.92. The van der Waals surface area contributed by atoms with Crippen LogP contribution in [0.5, 0.6) is 11.5 Å². The fraction of sp³-hybridized carbons (Fsp3) is 0.273. The molecule has 1 aliphatic heterocycles. The van der Waals surface area contributed by atoms with Gasteiger partial charge >= 0.3 is 5.97 Å². The van der Waals surface area contributed by atoms with Crippen LogP contribution in [0.2, 0.25) is 0 Å². The number of nitrogens with one attached hydrogen (secondary N) is 2. The summed E-state index contributed by atoms with van der Waals surface area (Å²) in [6, 6.07) is 21.6. The van der Waals surface area contributed by atoms with Crippen LogP contribution in [-0.4, -0.2) is 38.6 Å². The normalized spacial score (nSPS) is 16.4. The summed E-state index contributed by atoms with van der Waals surface area (Å²) in [4.78, 5) is 26.0. The van der Waals surface area contributed by atoms with Crippen molar-refractivity contribution in [3.63, 3.8) is 0 Å². The molecule has 0 aromatic heterocycles. The minimum atomic E-state index is -3.48. The molecule has 2 aliphatic rings. The number of para-hydroxylation sites is 2. The second-order valence-electron chi connectivity index (χ2n) is 10.6. The van der Waals surface area contributed by atoms with Gasteiger partial charge in [-0.05, 0) is 55.7 Å². The standard InChI is InChI=1S/C26H28N2O6S.C7H8O/c1-16-20(26(30)34-15-17-8-4-6-10-22(17)28-35(3,31)32)14-21-23(27-16)12-18(13-24(21)29)19-9-5-7-11-25(19)33-2;1-6-3-2-4-7(8)5-6/h4-11,18,27-28H,12-15H2,1-3H3;2-5,8H,1H3/t18-;/m1./s1. The number of carbonyl (C=O) groups is 2. The number of carbonyl (C=O) groups excluding carboxylic acids is 2. The molecule has 0 spiro atoms. The number of rotatable bonds is 7. The molecule has 9 nitrogen and oxygen atoms in total. The molecule has 1 aliphatic carbocycles. The number of sulfonamides is 1. The lowest BCUT2D eigenvalue weighted by Crippen LogP contribution is -2.31. The van der Waals surface area contributed by atoms with Crippen molar-refractivity contribution in [3.8, 4) is 11.5 Å². The number of allylic oxidation sites excluding steroid dienone is 3. The lowest BCUT2D eigenvalue weighted by molar-refractivity contribution is -0.140. The van der Waals surface area contributed by atoms with Crippen LogP contribution in [0.25, 0.3) is 0 Å². The summed E-state index contributed by atoms with van der Waals surface area (Å²) >= 11 is 0. The minimum Gasteiger partial charge on any atom is -0.508 e. The van der Waals surface area contributed by atoms with E-state index in [9.17, 15) is 18.0 Å². The van der Waals surface area contributed by atoms with Gasteiger partial charge in [0.15, 0.2) is 5.78 Å². The maximum Gasteiger partial charge on any atom is 0.336 e. The average Bonchev–Trinajstić information content (AvgIpc) is 2.95. The van der Waals surface area contributed by atoms with Crippen LogP contribution in [0.15, 0.2) is 95.3 Å². The van der Waals surface area contributed by atoms with E-state index in [2.05, 4.69) is 10.0 Å². The zero-order valence-corrected chi connectivity index (χ0v) is 25.5. The molecule has 10 heteroatoms. The van der Waals surface area contributed by atoms with Gasteiger partial charge in [-0.15, -0.1) is 0 Å². The highest BCUT2D eigenvalue weighted by Crippen LogP contribution is 2.41. The van der Waals surface area contributed by atoms with E-state index in [1.807, 2.05) is 43.3 Å². The number of Topliss-reactive ketones (excluding diaryl/α,β-unsaturated/α-hetero) is 1. The highest BCUT2D eigenvalue weighted by atomic mass is 32.2. The van der Waals surface area contributed by atoms with Gasteiger partial charge in [0.1, 0.15) is 18.1 Å². The second kappa shape index (κ2) is 13.6. The zero-order valence-electron chi connectivity index (χ0n) is 24.6. The van der Waals surface area contributed by atoms with Crippen molar-refractivity contribution < 1.29 is 32.6 Å². The van der Waals surface area contributed by atoms with Gasteiger partial charge in [-0.2, -0.15) is 0 Å². The van der Waals surface area contributed by atoms with Crippen molar-refractivity contribution in [2.24, 2.45) is 0 Å². The van der Waals surface area contributed by atoms with E-state index in [0.717, 1.165) is 28.8 Å². The van der Waals surface area contributed by atoms with Crippen LogP contribution in [0.1, 0.15) is 48.8 Å². The minimum absolute atomic E-state index is 0.00449. The Balaban J connectivity index is 0.000000458. The number of hydrogen-bond donors (Lipinski definition) is 3. The summed E-state index contributed by atoms with van der Waals surface area (Å²) in [7, 11) is -1.86. The van der Waals surface area contributed by atoms with Crippen LogP contribution in [0.4, 0.5) is 5.69 Å². The molecule has 0 saturated carbocycles. The Morgan fingerprint density at radius 3 is 2.42 bits per heavy atom. The maximum absolute atomic E-state index is 13.1. The van der Waals surface area contributed by atoms with Gasteiger partial charge in [0.2, 0.25) is 10.0 Å². The fourth-order valence-corrected chi connectivity index (χ4v) is 5.75. The Hall–Kier alpha value is -4.57. The molecule has 0 amide bonds. The van der Waals surface area contributed by atoms with Crippen LogP contribution >= 0.6 is 0 Å². The Kier molecular flexibility index (Phi) is 9.92. The van der Waals surface area contributed by atoms with Gasteiger partial charge in [0.25, 0.3) is 0 Å². The van der Waals surface area contributed by atoms with E-state index in [-0.39, 0.29) is 24.7 Å². The van der Waals surface area contributed by atoms with Crippen molar-refractivity contribution in [2.45, 2.75) is 45.6 Å². The molecular formula is C33H36N2O7S. The summed E-state index contributed by atoms with van der Waals surface area (Å²) in [6.45, 7) is 3.63. The van der Waals surface area contributed by atoms with Crippen LogP contribution < -0.4 is 14.8 Å². The Morgan fingerprint density at radius 1 is 1.02 bits per heavy atom. The molecule has 226 valence electrons. The van der Waals surface area contributed by atoms with E-state index in [1.54, 1.807) is 50.4 Å². The summed E-state index contributed by atoms with van der Waals surface area (Å²) in [5.74, 6) is 0.535. The molecule has 0 fully saturated rings. The molecular weight excluding hydrogens is 568 g/mol. The number of benzene rings is 3. The summed E-state index contributed by atoms with van der Waals surface area (Å²) in [6.07, 6.45) is 2.24. The van der Waals surface area contributed by atoms with E-state index < -0.39 is 16.0 Å². The smallest absolute Gasteiger partial charge is 0.336 e. The lowest BCUT2D eigenvalue weighted by Gasteiger charge is -2.32. The molecule has 5 rings (SSSR count). The first-order valence-electron chi connectivity index (χ1n) is 13.8. The Bertz CT molecular complexity index is 1680. The SMILES string of the molecule is COc1ccccc1[C@H]1CC(=O)C2=C(C1)NC(C)=C(C(=O)OCc1ccccc1NS(C)(=O)=O)C2.Cc1cccc(O)c1. The summed E-state index contributed by atoms with van der Waals surface area (Å²) in [5, 5.41) is 12.1. The number of ketones is 1. The van der Waals surface area contributed by atoms with Crippen molar-refractivity contribution >= 4 is 27.5 Å². The van der Waals surface area contributed by atoms with Gasteiger partial charge in [-0.1, -0.05) is 48.5 Å². The van der Waals surface area contributed by atoms with Gasteiger partial charge in [-0.3, -0.25) is 9.52 Å². The molecule has 1 heterocycles. The third kappa shape index (κ3) is 8.26. The highest BCUT2D eigenvalue weighted by Gasteiger charge is 2.34. The number of anilines is 1. The maximum atomic E-state index is 13.1. The van der Waals surface area contributed by atoms with E-state index in [4.69, 9.17) is 14.6 Å². The molecule has 0 unspecified atom stereocenters. The predicted molar refractivity (Wildman–Crippen MR) is 165 cm³/mol. The van der Waals surface area contributed by atoms with Gasteiger partial charge in [-0.25, -0.2) is 13.2 Å². The molecule has 0 bridgehead atoms. The number of ether oxygens (including phenoxy) is 2. The van der Waals surface area contributed by atoms with Crippen LogP contribution in [-0.2, 0) is 31.0 Å². The molecule has 3 aromatic rings. The topological polar surface area (TPSA) is 131 Å². The molecule has 0 saturated heterocycles. The van der Waals surface area contributed by atoms with Gasteiger partial charge < -0.3 is 19.9 Å². The number of aryl methyl sites for hydroxylation is 1. The Labute approximate surface area is 252 Å². The summed E-state index contributed by atoms with van der Waals surface area (Å²) in [5.41, 5.74) is 5.43.